The molecule has 0 bridgehead atoms. The first-order valence-electron chi connectivity index (χ1n) is 7.59. The molecule has 5 heteroatoms. The van der Waals surface area contributed by atoms with Gasteiger partial charge in [-0.3, -0.25) is 0 Å². The third-order valence-corrected chi connectivity index (χ3v) is 3.86. The van der Waals surface area contributed by atoms with Crippen LogP contribution < -0.4 is 0 Å². The van der Waals surface area contributed by atoms with Gasteiger partial charge in [-0.15, -0.1) is 0 Å². The van der Waals surface area contributed by atoms with Gasteiger partial charge in [0.25, 0.3) is 0 Å². The fraction of sp³-hybridized carbons (Fsp3) is 0.222. The van der Waals surface area contributed by atoms with Crippen LogP contribution in [0.15, 0.2) is 48.9 Å². The third kappa shape index (κ3) is 2.25. The average molecular weight is 303 g/mol. The first-order chi connectivity index (χ1) is 11.0. The summed E-state index contributed by atoms with van der Waals surface area (Å²) in [5, 5.41) is 6.87. The molecule has 0 aliphatic rings. The number of fused-ring (bicyclic) bond motifs is 2. The van der Waals surface area contributed by atoms with Crippen molar-refractivity contribution in [2.24, 2.45) is 0 Å². The molecule has 4 rings (SSSR count). The van der Waals surface area contributed by atoms with Crippen LogP contribution in [0.25, 0.3) is 27.8 Å². The standard InChI is InChI=1S/C18H17N5/c1-18(2,3)16-13-10-19-11-20-17(13)23(22-16)15-9-8-12-6-4-5-7-14(12)21-15/h4-11H,1-3H3. The molecule has 0 saturated carbocycles. The average Bonchev–Trinajstić information content (AvgIpc) is 2.94. The van der Waals surface area contributed by atoms with Crippen molar-refractivity contribution in [3.63, 3.8) is 0 Å². The molecule has 0 aliphatic heterocycles. The maximum atomic E-state index is 4.79. The zero-order chi connectivity index (χ0) is 16.0. The van der Waals surface area contributed by atoms with Crippen molar-refractivity contribution in [1.82, 2.24) is 24.7 Å². The minimum Gasteiger partial charge on any atom is -0.244 e. The lowest BCUT2D eigenvalue weighted by atomic mass is 9.91. The molecule has 0 radical (unpaired) electrons. The summed E-state index contributed by atoms with van der Waals surface area (Å²) in [7, 11) is 0. The van der Waals surface area contributed by atoms with Crippen molar-refractivity contribution < 1.29 is 0 Å². The number of pyridine rings is 1. The van der Waals surface area contributed by atoms with Gasteiger partial charge in [-0.2, -0.15) is 9.78 Å². The van der Waals surface area contributed by atoms with Gasteiger partial charge >= 0.3 is 0 Å². The summed E-state index contributed by atoms with van der Waals surface area (Å²) < 4.78 is 1.81. The third-order valence-electron chi connectivity index (χ3n) is 3.86. The summed E-state index contributed by atoms with van der Waals surface area (Å²) in [4.78, 5) is 13.3. The minimum absolute atomic E-state index is 0.0922. The van der Waals surface area contributed by atoms with Crippen LogP contribution in [0.2, 0.25) is 0 Å². The molecule has 0 atom stereocenters. The molecule has 114 valence electrons. The highest BCUT2D eigenvalue weighted by Gasteiger charge is 2.24. The second-order valence-electron chi connectivity index (χ2n) is 6.63. The molecular formula is C18H17N5. The van der Waals surface area contributed by atoms with Crippen molar-refractivity contribution in [1.29, 1.82) is 0 Å². The molecule has 5 nitrogen and oxygen atoms in total. The smallest absolute Gasteiger partial charge is 0.168 e. The summed E-state index contributed by atoms with van der Waals surface area (Å²) >= 11 is 0. The van der Waals surface area contributed by atoms with Crippen molar-refractivity contribution in [2.75, 3.05) is 0 Å². The lowest BCUT2D eigenvalue weighted by Crippen LogP contribution is -2.13. The molecule has 0 spiro atoms. The summed E-state index contributed by atoms with van der Waals surface area (Å²) in [6.45, 7) is 6.42. The van der Waals surface area contributed by atoms with E-state index in [4.69, 9.17) is 10.1 Å². The van der Waals surface area contributed by atoms with Crippen LogP contribution in [-0.2, 0) is 5.41 Å². The quantitative estimate of drug-likeness (QED) is 0.538. The van der Waals surface area contributed by atoms with Gasteiger partial charge in [0, 0.05) is 17.0 Å². The first kappa shape index (κ1) is 13.8. The number of rotatable bonds is 1. The molecular weight excluding hydrogens is 286 g/mol. The lowest BCUT2D eigenvalue weighted by Gasteiger charge is -2.15. The second kappa shape index (κ2) is 4.84. The van der Waals surface area contributed by atoms with E-state index in [0.29, 0.717) is 0 Å². The highest BCUT2D eigenvalue weighted by atomic mass is 15.3. The highest BCUT2D eigenvalue weighted by molar-refractivity contribution is 5.82. The zero-order valence-corrected chi connectivity index (χ0v) is 13.4. The summed E-state index contributed by atoms with van der Waals surface area (Å²) in [5.74, 6) is 0.767. The van der Waals surface area contributed by atoms with Crippen molar-refractivity contribution in [3.05, 3.63) is 54.6 Å². The number of para-hydroxylation sites is 1. The van der Waals surface area contributed by atoms with E-state index in [1.54, 1.807) is 6.33 Å². The van der Waals surface area contributed by atoms with E-state index < -0.39 is 0 Å². The number of benzene rings is 1. The van der Waals surface area contributed by atoms with Gasteiger partial charge in [0.1, 0.15) is 6.33 Å². The Morgan fingerprint density at radius 2 is 1.83 bits per heavy atom. The maximum Gasteiger partial charge on any atom is 0.168 e. The second-order valence-corrected chi connectivity index (χ2v) is 6.63. The number of nitrogens with zero attached hydrogens (tertiary/aromatic N) is 5. The van der Waals surface area contributed by atoms with E-state index >= 15 is 0 Å². The molecule has 1 aromatic carbocycles. The summed E-state index contributed by atoms with van der Waals surface area (Å²) in [5.41, 5.74) is 2.61. The Labute approximate surface area is 134 Å². The number of aromatic nitrogens is 5. The fourth-order valence-corrected chi connectivity index (χ4v) is 2.75. The Hall–Kier alpha value is -2.82. The van der Waals surface area contributed by atoms with E-state index in [9.17, 15) is 0 Å². The van der Waals surface area contributed by atoms with Crippen LogP contribution in [0.1, 0.15) is 26.5 Å². The summed E-state index contributed by atoms with van der Waals surface area (Å²) in [6, 6.07) is 12.1. The van der Waals surface area contributed by atoms with Crippen LogP contribution in [0.5, 0.6) is 0 Å². The van der Waals surface area contributed by atoms with Crippen LogP contribution in [0.4, 0.5) is 0 Å². The Morgan fingerprint density at radius 3 is 2.65 bits per heavy atom. The van der Waals surface area contributed by atoms with Gasteiger partial charge in [-0.05, 0) is 18.2 Å². The van der Waals surface area contributed by atoms with E-state index in [0.717, 1.165) is 33.4 Å². The van der Waals surface area contributed by atoms with E-state index in [1.165, 1.54) is 0 Å². The normalized spacial score (nSPS) is 12.1. The van der Waals surface area contributed by atoms with Gasteiger partial charge < -0.3 is 0 Å². The predicted octanol–water partition coefficient (Wildman–Crippen LogP) is 3.66. The van der Waals surface area contributed by atoms with E-state index in [2.05, 4.69) is 42.9 Å². The van der Waals surface area contributed by atoms with Crippen LogP contribution in [0, 0.1) is 0 Å². The SMILES string of the molecule is CC(C)(C)c1nn(-c2ccc3ccccc3n2)c2ncncc12. The Balaban J connectivity index is 2.00. The molecule has 0 amide bonds. The zero-order valence-electron chi connectivity index (χ0n) is 13.4. The minimum atomic E-state index is -0.0922. The van der Waals surface area contributed by atoms with Crippen molar-refractivity contribution in [2.45, 2.75) is 26.2 Å². The van der Waals surface area contributed by atoms with Crippen molar-refractivity contribution in [3.8, 4) is 5.82 Å². The number of hydrogen-bond acceptors (Lipinski definition) is 4. The predicted molar refractivity (Wildman–Crippen MR) is 90.7 cm³/mol. The molecule has 0 saturated heterocycles. The van der Waals surface area contributed by atoms with Gasteiger partial charge in [0.15, 0.2) is 11.5 Å². The lowest BCUT2D eigenvalue weighted by molar-refractivity contribution is 0.564. The molecule has 4 aromatic rings. The Bertz CT molecular complexity index is 1010. The van der Waals surface area contributed by atoms with E-state index in [-0.39, 0.29) is 5.41 Å². The van der Waals surface area contributed by atoms with Gasteiger partial charge in [-0.25, -0.2) is 15.0 Å². The monoisotopic (exact) mass is 303 g/mol. The largest absolute Gasteiger partial charge is 0.244 e. The van der Waals surface area contributed by atoms with E-state index in [1.807, 2.05) is 35.1 Å². The number of hydrogen-bond donors (Lipinski definition) is 0. The van der Waals surface area contributed by atoms with Gasteiger partial charge in [-0.1, -0.05) is 39.0 Å². The Kier molecular flexibility index (Phi) is 2.91. The van der Waals surface area contributed by atoms with Crippen LogP contribution in [0.3, 0.4) is 0 Å². The molecule has 0 aliphatic carbocycles. The molecule has 0 unspecified atom stereocenters. The molecule has 23 heavy (non-hydrogen) atoms. The van der Waals surface area contributed by atoms with Gasteiger partial charge in [0.05, 0.1) is 16.6 Å². The molecule has 3 heterocycles. The summed E-state index contributed by atoms with van der Waals surface area (Å²) in [6.07, 6.45) is 3.38. The van der Waals surface area contributed by atoms with Crippen LogP contribution >= 0.6 is 0 Å². The van der Waals surface area contributed by atoms with Crippen LogP contribution in [-0.4, -0.2) is 24.7 Å². The van der Waals surface area contributed by atoms with Gasteiger partial charge in [0.2, 0.25) is 0 Å². The highest BCUT2D eigenvalue weighted by Crippen LogP contribution is 2.29. The topological polar surface area (TPSA) is 56.5 Å². The molecule has 3 aromatic heterocycles. The molecule has 0 N–H and O–H groups in total. The Morgan fingerprint density at radius 1 is 1.00 bits per heavy atom. The maximum absolute atomic E-state index is 4.79. The van der Waals surface area contributed by atoms with Crippen molar-refractivity contribution >= 4 is 21.9 Å². The molecule has 0 fully saturated rings. The fourth-order valence-electron chi connectivity index (χ4n) is 2.75. The first-order valence-corrected chi connectivity index (χ1v) is 7.59.